The molecule has 0 saturated heterocycles. The van der Waals surface area contributed by atoms with Crippen LogP contribution >= 0.6 is 0 Å². The van der Waals surface area contributed by atoms with E-state index in [2.05, 4.69) is 19.2 Å². The Bertz CT molecular complexity index is 539. The Balaban J connectivity index is 2.05. The van der Waals surface area contributed by atoms with Gasteiger partial charge in [0.05, 0.1) is 6.61 Å². The number of hydrogen-bond acceptors (Lipinski definition) is 3. The molecule has 0 aliphatic heterocycles. The van der Waals surface area contributed by atoms with Crippen LogP contribution in [0.2, 0.25) is 0 Å². The van der Waals surface area contributed by atoms with E-state index in [9.17, 15) is 4.79 Å². The summed E-state index contributed by atoms with van der Waals surface area (Å²) in [6.45, 7) is 9.37. The maximum absolute atomic E-state index is 12.7. The highest BCUT2D eigenvalue weighted by atomic mass is 16.5. The summed E-state index contributed by atoms with van der Waals surface area (Å²) in [6, 6.07) is 5.76. The maximum Gasteiger partial charge on any atom is 0.256 e. The molecule has 1 N–H and O–H groups in total. The summed E-state index contributed by atoms with van der Waals surface area (Å²) in [5.74, 6) is 1.16. The third-order valence-electron chi connectivity index (χ3n) is 4.31. The first kappa shape index (κ1) is 17.8. The number of carbonyl (C=O) groups excluding carboxylic acids is 1. The van der Waals surface area contributed by atoms with Crippen molar-refractivity contribution < 1.29 is 14.3 Å². The lowest BCUT2D eigenvalue weighted by Gasteiger charge is -2.28. The summed E-state index contributed by atoms with van der Waals surface area (Å²) in [4.78, 5) is 12.7. The topological polar surface area (TPSA) is 47.6 Å². The lowest BCUT2D eigenvalue weighted by atomic mass is 9.98. The van der Waals surface area contributed by atoms with Crippen LogP contribution in [0.4, 0.5) is 5.69 Å². The third kappa shape index (κ3) is 4.47. The molecule has 1 aliphatic carbocycles. The summed E-state index contributed by atoms with van der Waals surface area (Å²) in [7, 11) is 0. The number of hydrogen-bond donors (Lipinski definition) is 1. The van der Waals surface area contributed by atoms with Gasteiger partial charge in [-0.15, -0.1) is 0 Å². The second kappa shape index (κ2) is 7.82. The molecule has 2 rings (SSSR count). The average Bonchev–Trinajstić information content (AvgIpc) is 3.37. The van der Waals surface area contributed by atoms with E-state index in [4.69, 9.17) is 9.47 Å². The zero-order valence-corrected chi connectivity index (χ0v) is 14.8. The second-order valence-corrected chi connectivity index (χ2v) is 6.51. The molecule has 0 bridgehead atoms. The largest absolute Gasteiger partial charge is 0.493 e. The van der Waals surface area contributed by atoms with Gasteiger partial charge in [0, 0.05) is 12.3 Å². The first-order valence-corrected chi connectivity index (χ1v) is 8.70. The van der Waals surface area contributed by atoms with Crippen LogP contribution in [0.1, 0.15) is 52.0 Å². The van der Waals surface area contributed by atoms with Gasteiger partial charge in [0.1, 0.15) is 11.4 Å². The molecule has 0 aromatic heterocycles. The van der Waals surface area contributed by atoms with E-state index >= 15 is 0 Å². The van der Waals surface area contributed by atoms with Gasteiger partial charge in [-0.2, -0.15) is 0 Å². The summed E-state index contributed by atoms with van der Waals surface area (Å²) < 4.78 is 11.6. The van der Waals surface area contributed by atoms with Crippen molar-refractivity contribution in [3.63, 3.8) is 0 Å². The minimum Gasteiger partial charge on any atom is -0.493 e. The van der Waals surface area contributed by atoms with E-state index in [1.165, 1.54) is 0 Å². The number of ether oxygens (including phenoxy) is 2. The maximum atomic E-state index is 12.7. The molecule has 0 radical (unpaired) electrons. The van der Waals surface area contributed by atoms with Gasteiger partial charge in [-0.3, -0.25) is 4.79 Å². The monoisotopic (exact) mass is 319 g/mol. The van der Waals surface area contributed by atoms with Gasteiger partial charge in [-0.1, -0.05) is 13.8 Å². The fourth-order valence-electron chi connectivity index (χ4n) is 2.67. The molecular weight excluding hydrogens is 290 g/mol. The van der Waals surface area contributed by atoms with E-state index in [-0.39, 0.29) is 5.91 Å². The predicted molar refractivity (Wildman–Crippen MR) is 93.0 cm³/mol. The summed E-state index contributed by atoms with van der Waals surface area (Å²) in [5.41, 5.74) is 1.10. The number of amides is 1. The van der Waals surface area contributed by atoms with Crippen LogP contribution in [0.3, 0.4) is 0 Å². The Kier molecular flexibility index (Phi) is 6.05. The van der Waals surface area contributed by atoms with Crippen molar-refractivity contribution in [2.24, 2.45) is 5.92 Å². The lowest BCUT2D eigenvalue weighted by molar-refractivity contribution is -0.142. The molecule has 1 atom stereocenters. The first-order valence-electron chi connectivity index (χ1n) is 8.70. The van der Waals surface area contributed by atoms with E-state index in [0.717, 1.165) is 42.7 Å². The molecule has 23 heavy (non-hydrogen) atoms. The molecule has 4 nitrogen and oxygen atoms in total. The van der Waals surface area contributed by atoms with Crippen molar-refractivity contribution in [1.29, 1.82) is 0 Å². The number of nitrogens with one attached hydrogen (secondary N) is 1. The minimum absolute atomic E-state index is 0.0462. The van der Waals surface area contributed by atoms with Crippen molar-refractivity contribution in [2.75, 3.05) is 18.5 Å². The molecule has 1 amide bonds. The van der Waals surface area contributed by atoms with Gasteiger partial charge in [-0.05, 0) is 69.2 Å². The van der Waals surface area contributed by atoms with Crippen LogP contribution in [0.15, 0.2) is 18.2 Å². The first-order chi connectivity index (χ1) is 11.0. The van der Waals surface area contributed by atoms with E-state index in [1.54, 1.807) is 0 Å². The number of carbonyl (C=O) groups is 1. The minimum atomic E-state index is -0.721. The lowest BCUT2D eigenvalue weighted by Crippen LogP contribution is -2.45. The normalized spacial score (nSPS) is 16.7. The fourth-order valence-corrected chi connectivity index (χ4v) is 2.67. The van der Waals surface area contributed by atoms with Crippen LogP contribution in [0.5, 0.6) is 5.75 Å². The van der Waals surface area contributed by atoms with Crippen LogP contribution in [-0.2, 0) is 9.53 Å². The van der Waals surface area contributed by atoms with E-state index in [1.807, 2.05) is 32.0 Å². The van der Waals surface area contributed by atoms with Gasteiger partial charge in [0.15, 0.2) is 0 Å². The summed E-state index contributed by atoms with van der Waals surface area (Å²) >= 11 is 0. The number of anilines is 1. The molecule has 1 aromatic carbocycles. The average molecular weight is 319 g/mol. The second-order valence-electron chi connectivity index (χ2n) is 6.51. The van der Waals surface area contributed by atoms with Crippen LogP contribution in [-0.4, -0.2) is 24.7 Å². The van der Waals surface area contributed by atoms with Gasteiger partial charge in [0.2, 0.25) is 0 Å². The Morgan fingerprint density at radius 1 is 1.26 bits per heavy atom. The molecule has 1 aliphatic rings. The molecule has 1 fully saturated rings. The zero-order chi connectivity index (χ0) is 16.9. The van der Waals surface area contributed by atoms with Gasteiger partial charge >= 0.3 is 0 Å². The number of benzene rings is 1. The Labute approximate surface area is 139 Å². The summed E-state index contributed by atoms with van der Waals surface area (Å²) in [5, 5.41) is 3.02. The van der Waals surface area contributed by atoms with Crippen molar-refractivity contribution in [2.45, 2.75) is 59.0 Å². The fraction of sp³-hybridized carbons (Fsp3) is 0.632. The van der Waals surface area contributed by atoms with Gasteiger partial charge in [-0.25, -0.2) is 0 Å². The van der Waals surface area contributed by atoms with Crippen LogP contribution in [0.25, 0.3) is 0 Å². The Morgan fingerprint density at radius 2 is 1.96 bits per heavy atom. The van der Waals surface area contributed by atoms with Crippen molar-refractivity contribution >= 4 is 11.6 Å². The molecule has 1 saturated carbocycles. The quantitative estimate of drug-likeness (QED) is 0.737. The molecule has 1 unspecified atom stereocenters. The highest BCUT2D eigenvalue weighted by molar-refractivity contribution is 5.97. The van der Waals surface area contributed by atoms with E-state index < -0.39 is 5.60 Å². The SMILES string of the molecule is CCCOc1ccc(NC(=O)C(C)(OCCC)C2CC2)cc1C. The molecular formula is C19H29NO3. The van der Waals surface area contributed by atoms with Crippen LogP contribution < -0.4 is 10.1 Å². The number of aryl methyl sites for hydroxylation is 1. The van der Waals surface area contributed by atoms with Gasteiger partial charge < -0.3 is 14.8 Å². The van der Waals surface area contributed by atoms with Gasteiger partial charge in [0.25, 0.3) is 5.91 Å². The Hall–Kier alpha value is -1.55. The molecule has 4 heteroatoms. The zero-order valence-electron chi connectivity index (χ0n) is 14.8. The van der Waals surface area contributed by atoms with Crippen molar-refractivity contribution in [3.8, 4) is 5.75 Å². The molecule has 0 spiro atoms. The van der Waals surface area contributed by atoms with E-state index in [0.29, 0.717) is 19.1 Å². The third-order valence-corrected chi connectivity index (χ3v) is 4.31. The van der Waals surface area contributed by atoms with Crippen molar-refractivity contribution in [1.82, 2.24) is 0 Å². The predicted octanol–water partition coefficient (Wildman–Crippen LogP) is 4.32. The standard InChI is InChI=1S/C19H29NO3/c1-5-11-22-17-10-9-16(13-14(17)3)20-18(21)19(4,15-7-8-15)23-12-6-2/h9-10,13,15H,5-8,11-12H2,1-4H3,(H,20,21). The molecule has 0 heterocycles. The van der Waals surface area contributed by atoms with Crippen LogP contribution in [0, 0.1) is 12.8 Å². The Morgan fingerprint density at radius 3 is 2.52 bits per heavy atom. The molecule has 1 aromatic rings. The summed E-state index contributed by atoms with van der Waals surface area (Å²) in [6.07, 6.45) is 4.03. The molecule has 128 valence electrons. The smallest absolute Gasteiger partial charge is 0.256 e. The number of rotatable bonds is 9. The van der Waals surface area contributed by atoms with Crippen molar-refractivity contribution in [3.05, 3.63) is 23.8 Å². The highest BCUT2D eigenvalue weighted by Gasteiger charge is 2.48. The highest BCUT2D eigenvalue weighted by Crippen LogP contribution is 2.42.